The smallest absolute Gasteiger partial charge is 0.252 e. The van der Waals surface area contributed by atoms with E-state index in [9.17, 15) is 9.59 Å². The van der Waals surface area contributed by atoms with Gasteiger partial charge in [-0.25, -0.2) is 0 Å². The molecular weight excluding hydrogens is 396 g/mol. The minimum absolute atomic E-state index is 0.0607. The third-order valence-corrected chi connectivity index (χ3v) is 6.08. The number of carbonyl (C=O) groups excluding carboxylic acids is 2. The lowest BCUT2D eigenvalue weighted by Crippen LogP contribution is -2.46. The van der Waals surface area contributed by atoms with Crippen molar-refractivity contribution < 1.29 is 23.8 Å². The van der Waals surface area contributed by atoms with Gasteiger partial charge in [-0.2, -0.15) is 0 Å². The molecule has 0 bridgehead atoms. The number of amides is 2. The lowest BCUT2D eigenvalue weighted by atomic mass is 9.77. The topological polar surface area (TPSA) is 77.1 Å². The van der Waals surface area contributed by atoms with Gasteiger partial charge in [-0.15, -0.1) is 0 Å². The molecule has 0 fully saturated rings. The fraction of sp³-hybridized carbons (Fsp3) is 0.167. The van der Waals surface area contributed by atoms with E-state index in [-0.39, 0.29) is 31.9 Å². The summed E-state index contributed by atoms with van der Waals surface area (Å²) >= 11 is 0. The summed E-state index contributed by atoms with van der Waals surface area (Å²) in [6.45, 7) is 0.392. The quantitative estimate of drug-likeness (QED) is 0.713. The van der Waals surface area contributed by atoms with Crippen molar-refractivity contribution in [2.24, 2.45) is 0 Å². The highest BCUT2D eigenvalue weighted by Gasteiger charge is 2.57. The molecular formula is C24H18N2O5. The molecule has 3 aromatic rings. The third kappa shape index (κ3) is 2.46. The predicted molar refractivity (Wildman–Crippen MR) is 112 cm³/mol. The molecule has 3 aromatic carbocycles. The number of hydrogen-bond donors (Lipinski definition) is 1. The van der Waals surface area contributed by atoms with E-state index in [1.807, 2.05) is 36.4 Å². The van der Waals surface area contributed by atoms with E-state index >= 15 is 0 Å². The minimum Gasteiger partial charge on any atom is -0.491 e. The second-order valence-corrected chi connectivity index (χ2v) is 7.68. The molecule has 7 nitrogen and oxygen atoms in total. The van der Waals surface area contributed by atoms with Crippen molar-refractivity contribution in [1.82, 2.24) is 5.32 Å². The van der Waals surface area contributed by atoms with Crippen LogP contribution in [-0.2, 0) is 10.2 Å². The summed E-state index contributed by atoms with van der Waals surface area (Å²) in [4.78, 5) is 28.0. The molecule has 1 unspecified atom stereocenters. The Bertz CT molecular complexity index is 1230. The van der Waals surface area contributed by atoms with Gasteiger partial charge in [0.15, 0.2) is 11.5 Å². The number of carbonyl (C=O) groups is 2. The van der Waals surface area contributed by atoms with Crippen LogP contribution in [0.2, 0.25) is 0 Å². The normalized spacial score (nSPS) is 19.9. The monoisotopic (exact) mass is 414 g/mol. The first-order valence-electron chi connectivity index (χ1n) is 10.00. The Hall–Kier alpha value is -4.00. The Morgan fingerprint density at radius 3 is 2.48 bits per heavy atom. The molecule has 154 valence electrons. The Balaban J connectivity index is 1.38. The zero-order valence-corrected chi connectivity index (χ0v) is 16.5. The van der Waals surface area contributed by atoms with Crippen LogP contribution in [0.5, 0.6) is 17.2 Å². The SMILES string of the molecule is O=C(NCN1C(=O)C2(COc3cc4c(cc32)OCO4)c2ccccc21)c1ccccc1. The van der Waals surface area contributed by atoms with Gasteiger partial charge in [-0.3, -0.25) is 14.5 Å². The molecule has 3 aliphatic heterocycles. The summed E-state index contributed by atoms with van der Waals surface area (Å²) in [5.41, 5.74) is 1.93. The first-order valence-corrected chi connectivity index (χ1v) is 10.00. The van der Waals surface area contributed by atoms with E-state index in [2.05, 4.69) is 5.32 Å². The average molecular weight is 414 g/mol. The van der Waals surface area contributed by atoms with E-state index in [4.69, 9.17) is 14.2 Å². The zero-order chi connectivity index (χ0) is 21.0. The van der Waals surface area contributed by atoms with Gasteiger partial charge in [0.2, 0.25) is 12.7 Å². The van der Waals surface area contributed by atoms with Crippen molar-refractivity contribution in [3.63, 3.8) is 0 Å². The summed E-state index contributed by atoms with van der Waals surface area (Å²) in [7, 11) is 0. The van der Waals surface area contributed by atoms with Crippen LogP contribution in [0, 0.1) is 0 Å². The molecule has 3 aliphatic rings. The molecule has 0 aliphatic carbocycles. The fourth-order valence-electron chi connectivity index (χ4n) is 4.56. The second-order valence-electron chi connectivity index (χ2n) is 7.68. The maximum Gasteiger partial charge on any atom is 0.252 e. The number of nitrogens with zero attached hydrogens (tertiary/aromatic N) is 1. The van der Waals surface area contributed by atoms with Gasteiger partial charge in [-0.1, -0.05) is 36.4 Å². The van der Waals surface area contributed by atoms with E-state index < -0.39 is 5.41 Å². The van der Waals surface area contributed by atoms with Crippen molar-refractivity contribution in [3.05, 3.63) is 83.4 Å². The summed E-state index contributed by atoms with van der Waals surface area (Å²) < 4.78 is 17.0. The molecule has 3 heterocycles. The molecule has 1 spiro atoms. The van der Waals surface area contributed by atoms with Crippen molar-refractivity contribution >= 4 is 17.5 Å². The van der Waals surface area contributed by atoms with Gasteiger partial charge in [0.25, 0.3) is 5.91 Å². The van der Waals surface area contributed by atoms with Gasteiger partial charge >= 0.3 is 0 Å². The lowest BCUT2D eigenvalue weighted by molar-refractivity contribution is -0.122. The molecule has 2 amide bonds. The number of rotatable bonds is 3. The first-order chi connectivity index (χ1) is 15.2. The largest absolute Gasteiger partial charge is 0.491 e. The van der Waals surface area contributed by atoms with Gasteiger partial charge < -0.3 is 19.5 Å². The molecule has 1 N–H and O–H groups in total. The first kappa shape index (κ1) is 17.8. The van der Waals surface area contributed by atoms with Crippen molar-refractivity contribution in [2.75, 3.05) is 25.0 Å². The molecule has 1 atom stereocenters. The molecule has 0 aromatic heterocycles. The number of para-hydroxylation sites is 1. The Labute approximate surface area is 178 Å². The summed E-state index contributed by atoms with van der Waals surface area (Å²) in [5.74, 6) is 1.45. The number of benzene rings is 3. The Morgan fingerprint density at radius 2 is 1.65 bits per heavy atom. The molecule has 0 saturated heterocycles. The van der Waals surface area contributed by atoms with E-state index in [0.717, 1.165) is 16.8 Å². The molecule has 0 saturated carbocycles. The fourth-order valence-corrected chi connectivity index (χ4v) is 4.56. The van der Waals surface area contributed by atoms with Crippen molar-refractivity contribution in [3.8, 4) is 17.2 Å². The highest BCUT2D eigenvalue weighted by molar-refractivity contribution is 6.12. The van der Waals surface area contributed by atoms with Crippen LogP contribution in [0.25, 0.3) is 0 Å². The van der Waals surface area contributed by atoms with E-state index in [1.54, 1.807) is 35.2 Å². The van der Waals surface area contributed by atoms with Crippen LogP contribution in [0.3, 0.4) is 0 Å². The van der Waals surface area contributed by atoms with Crippen LogP contribution in [0.1, 0.15) is 21.5 Å². The van der Waals surface area contributed by atoms with Crippen LogP contribution in [0.15, 0.2) is 66.7 Å². The highest BCUT2D eigenvalue weighted by atomic mass is 16.7. The predicted octanol–water partition coefficient (Wildman–Crippen LogP) is 2.83. The van der Waals surface area contributed by atoms with Crippen LogP contribution >= 0.6 is 0 Å². The van der Waals surface area contributed by atoms with E-state index in [1.165, 1.54) is 0 Å². The van der Waals surface area contributed by atoms with Crippen molar-refractivity contribution in [1.29, 1.82) is 0 Å². The third-order valence-electron chi connectivity index (χ3n) is 6.08. The number of ether oxygens (including phenoxy) is 3. The Kier molecular flexibility index (Phi) is 3.74. The summed E-state index contributed by atoms with van der Waals surface area (Å²) in [5, 5.41) is 2.86. The van der Waals surface area contributed by atoms with Crippen molar-refractivity contribution in [2.45, 2.75) is 5.41 Å². The Morgan fingerprint density at radius 1 is 0.903 bits per heavy atom. The van der Waals surface area contributed by atoms with Crippen LogP contribution in [-0.4, -0.2) is 31.9 Å². The van der Waals surface area contributed by atoms with Crippen LogP contribution in [0.4, 0.5) is 5.69 Å². The van der Waals surface area contributed by atoms with E-state index in [0.29, 0.717) is 22.8 Å². The zero-order valence-electron chi connectivity index (χ0n) is 16.5. The summed E-state index contributed by atoms with van der Waals surface area (Å²) in [6.07, 6.45) is 0. The average Bonchev–Trinajstić information content (AvgIpc) is 3.48. The molecule has 7 heteroatoms. The molecule has 0 radical (unpaired) electrons. The summed E-state index contributed by atoms with van der Waals surface area (Å²) in [6, 6.07) is 20.2. The number of fused-ring (bicyclic) bond motifs is 5. The second kappa shape index (κ2) is 6.50. The van der Waals surface area contributed by atoms with Gasteiger partial charge in [-0.05, 0) is 29.8 Å². The minimum atomic E-state index is -0.982. The lowest BCUT2D eigenvalue weighted by Gasteiger charge is -2.23. The number of anilines is 1. The van der Waals surface area contributed by atoms with Gasteiger partial charge in [0.05, 0.1) is 12.4 Å². The maximum absolute atomic E-state index is 13.8. The molecule has 31 heavy (non-hydrogen) atoms. The maximum atomic E-state index is 13.8. The molecule has 6 rings (SSSR count). The van der Waals surface area contributed by atoms with Gasteiger partial charge in [0, 0.05) is 17.2 Å². The number of nitrogens with one attached hydrogen (secondary N) is 1. The van der Waals surface area contributed by atoms with Gasteiger partial charge in [0.1, 0.15) is 17.8 Å². The number of hydrogen-bond acceptors (Lipinski definition) is 5. The van der Waals surface area contributed by atoms with Crippen LogP contribution < -0.4 is 24.4 Å². The highest BCUT2D eigenvalue weighted by Crippen LogP contribution is 2.54. The standard InChI is InChI=1S/C24H18N2O5/c27-22(15-6-2-1-3-7-15)25-13-26-18-9-5-4-8-16(18)24(23(26)28)12-29-19-11-21-20(10-17(19)24)30-14-31-21/h1-11H,12-14H2,(H,25,27).